The van der Waals surface area contributed by atoms with Crippen LogP contribution in [-0.2, 0) is 17.0 Å². The van der Waals surface area contributed by atoms with E-state index in [1.807, 2.05) is 0 Å². The molecule has 1 fully saturated rings. The molecule has 1 aliphatic heterocycles. The largest absolute Gasteiger partial charge is 0.336 e. The van der Waals surface area contributed by atoms with Crippen LogP contribution in [0.2, 0.25) is 0 Å². The van der Waals surface area contributed by atoms with E-state index in [1.165, 1.54) is 13.8 Å². The Bertz CT molecular complexity index is 532. The van der Waals surface area contributed by atoms with Crippen LogP contribution in [0.4, 0.5) is 9.18 Å². The molecule has 8 heteroatoms. The fourth-order valence-electron chi connectivity index (χ4n) is 1.66. The number of nitrogens with zero attached hydrogens (tertiary/aromatic N) is 3. The Balaban J connectivity index is 2.16. The second-order valence-corrected chi connectivity index (χ2v) is 5.43. The summed E-state index contributed by atoms with van der Waals surface area (Å²) in [7, 11) is 0. The average Bonchev–Trinajstić information content (AvgIpc) is 2.77. The van der Waals surface area contributed by atoms with Gasteiger partial charge in [0.1, 0.15) is 5.54 Å². The molecule has 19 heavy (non-hydrogen) atoms. The van der Waals surface area contributed by atoms with Gasteiger partial charge in [-0.15, -0.1) is 0 Å². The molecule has 0 aromatic carbocycles. The fraction of sp³-hybridized carbons (Fsp3) is 0.636. The van der Waals surface area contributed by atoms with Crippen LogP contribution in [0.5, 0.6) is 0 Å². The molecule has 0 bridgehead atoms. The molecular weight excluding hydrogens is 255 g/mol. The van der Waals surface area contributed by atoms with Crippen molar-refractivity contribution in [3.8, 4) is 0 Å². The van der Waals surface area contributed by atoms with Crippen molar-refractivity contribution in [2.45, 2.75) is 45.4 Å². The van der Waals surface area contributed by atoms with Gasteiger partial charge in [-0.2, -0.15) is 4.98 Å². The van der Waals surface area contributed by atoms with Crippen molar-refractivity contribution in [1.82, 2.24) is 20.4 Å². The van der Waals surface area contributed by atoms with E-state index in [4.69, 9.17) is 4.52 Å². The summed E-state index contributed by atoms with van der Waals surface area (Å²) in [4.78, 5) is 28.4. The first-order chi connectivity index (χ1) is 8.61. The molecular formula is C11H15FN4O3. The molecule has 1 aromatic rings. The molecule has 3 amide bonds. The number of alkyl halides is 1. The second-order valence-electron chi connectivity index (χ2n) is 5.43. The summed E-state index contributed by atoms with van der Waals surface area (Å²) >= 11 is 0. The predicted molar refractivity (Wildman–Crippen MR) is 61.6 cm³/mol. The maximum absolute atomic E-state index is 13.6. The third kappa shape index (κ3) is 2.42. The third-order valence-corrected chi connectivity index (χ3v) is 2.72. The van der Waals surface area contributed by atoms with E-state index in [1.54, 1.807) is 13.8 Å². The lowest BCUT2D eigenvalue weighted by Crippen LogP contribution is -2.40. The summed E-state index contributed by atoms with van der Waals surface area (Å²) < 4.78 is 18.3. The Morgan fingerprint density at radius 1 is 1.42 bits per heavy atom. The number of amides is 3. The van der Waals surface area contributed by atoms with Crippen molar-refractivity contribution in [2.24, 2.45) is 0 Å². The minimum Gasteiger partial charge on any atom is -0.336 e. The van der Waals surface area contributed by atoms with Crippen LogP contribution in [0.3, 0.4) is 0 Å². The number of aromatic nitrogens is 2. The lowest BCUT2D eigenvalue weighted by molar-refractivity contribution is -0.130. The minimum absolute atomic E-state index is 0.0851. The van der Waals surface area contributed by atoms with Crippen molar-refractivity contribution in [3.63, 3.8) is 0 Å². The Hall–Kier alpha value is -1.99. The van der Waals surface area contributed by atoms with Crippen LogP contribution in [0.15, 0.2) is 4.52 Å². The van der Waals surface area contributed by atoms with Gasteiger partial charge in [0, 0.05) is 0 Å². The molecule has 0 atom stereocenters. The summed E-state index contributed by atoms with van der Waals surface area (Å²) in [5.41, 5.74) is -2.72. The molecule has 1 saturated heterocycles. The number of carbonyl (C=O) groups is 2. The molecule has 1 aliphatic rings. The number of hydrogen-bond donors (Lipinski definition) is 1. The fourth-order valence-corrected chi connectivity index (χ4v) is 1.66. The highest BCUT2D eigenvalue weighted by Gasteiger charge is 2.44. The number of carbonyl (C=O) groups excluding carboxylic acids is 2. The highest BCUT2D eigenvalue weighted by molar-refractivity contribution is 6.06. The normalized spacial score (nSPS) is 18.9. The summed E-state index contributed by atoms with van der Waals surface area (Å²) in [5, 5.41) is 6.09. The molecule has 0 saturated carbocycles. The molecule has 2 rings (SSSR count). The molecule has 2 heterocycles. The quantitative estimate of drug-likeness (QED) is 0.831. The van der Waals surface area contributed by atoms with Crippen LogP contribution >= 0.6 is 0 Å². The maximum atomic E-state index is 13.6. The van der Waals surface area contributed by atoms with Crippen molar-refractivity contribution in [2.75, 3.05) is 0 Å². The van der Waals surface area contributed by atoms with Crippen molar-refractivity contribution in [1.29, 1.82) is 0 Å². The number of urea groups is 1. The van der Waals surface area contributed by atoms with Crippen LogP contribution in [0, 0.1) is 0 Å². The Morgan fingerprint density at radius 3 is 2.47 bits per heavy atom. The van der Waals surface area contributed by atoms with E-state index >= 15 is 0 Å². The maximum Gasteiger partial charge on any atom is 0.325 e. The lowest BCUT2D eigenvalue weighted by Gasteiger charge is -2.14. The molecule has 0 aliphatic carbocycles. The number of halogens is 1. The monoisotopic (exact) mass is 270 g/mol. The number of rotatable bonds is 3. The molecule has 1 N–H and O–H groups in total. The number of nitrogens with one attached hydrogen (secondary N) is 1. The molecule has 0 unspecified atom stereocenters. The Kier molecular flexibility index (Phi) is 2.83. The van der Waals surface area contributed by atoms with Crippen molar-refractivity contribution >= 4 is 11.9 Å². The molecule has 104 valence electrons. The first-order valence-electron chi connectivity index (χ1n) is 5.77. The molecule has 0 spiro atoms. The summed E-state index contributed by atoms with van der Waals surface area (Å²) in [6.07, 6.45) is 0. The van der Waals surface area contributed by atoms with Gasteiger partial charge in [-0.1, -0.05) is 5.16 Å². The van der Waals surface area contributed by atoms with E-state index in [9.17, 15) is 14.0 Å². The van der Waals surface area contributed by atoms with Crippen molar-refractivity contribution < 1.29 is 18.5 Å². The Labute approximate surface area is 109 Å². The van der Waals surface area contributed by atoms with Crippen molar-refractivity contribution in [3.05, 3.63) is 11.7 Å². The Morgan fingerprint density at radius 2 is 2.05 bits per heavy atom. The van der Waals surface area contributed by atoms with E-state index < -0.39 is 17.2 Å². The lowest BCUT2D eigenvalue weighted by atomic mass is 10.1. The topological polar surface area (TPSA) is 88.3 Å². The number of imide groups is 1. The standard InChI is InChI=1S/C11H15FN4O3/c1-10(2,12)7-13-6(15-19-7)5-16-8(17)11(3,4)14-9(16)18/h5H2,1-4H3,(H,14,18). The van der Waals surface area contributed by atoms with Gasteiger partial charge in [0.2, 0.25) is 0 Å². The smallest absolute Gasteiger partial charge is 0.325 e. The van der Waals surface area contributed by atoms with Gasteiger partial charge in [-0.3, -0.25) is 9.69 Å². The average molecular weight is 270 g/mol. The van der Waals surface area contributed by atoms with E-state index in [0.717, 1.165) is 4.90 Å². The highest BCUT2D eigenvalue weighted by atomic mass is 19.1. The zero-order valence-electron chi connectivity index (χ0n) is 11.2. The summed E-state index contributed by atoms with van der Waals surface area (Å²) in [6, 6.07) is -0.527. The SMILES string of the molecule is CC1(C)NC(=O)N(Cc2noc(C(C)(C)F)n2)C1=O. The van der Waals surface area contributed by atoms with Gasteiger partial charge in [0.25, 0.3) is 11.8 Å². The molecule has 1 aromatic heterocycles. The first kappa shape index (κ1) is 13.4. The van der Waals surface area contributed by atoms with Gasteiger partial charge in [-0.05, 0) is 27.7 Å². The van der Waals surface area contributed by atoms with Gasteiger partial charge < -0.3 is 9.84 Å². The third-order valence-electron chi connectivity index (χ3n) is 2.72. The minimum atomic E-state index is -1.76. The van der Waals surface area contributed by atoms with Gasteiger partial charge in [0.05, 0.1) is 6.54 Å². The zero-order valence-corrected chi connectivity index (χ0v) is 11.2. The van der Waals surface area contributed by atoms with Gasteiger partial charge in [0.15, 0.2) is 11.5 Å². The van der Waals surface area contributed by atoms with E-state index in [0.29, 0.717) is 0 Å². The van der Waals surface area contributed by atoms with Crippen LogP contribution in [0.25, 0.3) is 0 Å². The van der Waals surface area contributed by atoms with E-state index in [-0.39, 0.29) is 24.2 Å². The van der Waals surface area contributed by atoms with Crippen LogP contribution in [-0.4, -0.2) is 32.5 Å². The van der Waals surface area contributed by atoms with Gasteiger partial charge in [-0.25, -0.2) is 9.18 Å². The van der Waals surface area contributed by atoms with E-state index in [2.05, 4.69) is 15.5 Å². The number of hydrogen-bond acceptors (Lipinski definition) is 5. The van der Waals surface area contributed by atoms with Crippen LogP contribution < -0.4 is 5.32 Å². The zero-order chi connectivity index (χ0) is 14.4. The molecule has 0 radical (unpaired) electrons. The van der Waals surface area contributed by atoms with Crippen LogP contribution in [0.1, 0.15) is 39.4 Å². The van der Waals surface area contributed by atoms with Gasteiger partial charge >= 0.3 is 6.03 Å². The first-order valence-corrected chi connectivity index (χ1v) is 5.77. The predicted octanol–water partition coefficient (Wildman–Crippen LogP) is 1.10. The summed E-state index contributed by atoms with van der Waals surface area (Å²) in [6.45, 7) is 5.61. The highest BCUT2D eigenvalue weighted by Crippen LogP contribution is 2.23. The summed E-state index contributed by atoms with van der Waals surface area (Å²) in [5.74, 6) is -0.487. The molecule has 7 nitrogen and oxygen atoms in total. The second kappa shape index (κ2) is 4.01.